The first kappa shape index (κ1) is 8.16. The molecule has 0 aliphatic carbocycles. The number of aromatic nitrogens is 2. The minimum Gasteiger partial charge on any atom is -0.445 e. The standard InChI is InChI=1S/C7H5BF3N2/c9-8(10,11)6-4-13-7-5(6)2-1-3-12-7/h1-4H,(H,12,13)/q-1. The van der Waals surface area contributed by atoms with Crippen LogP contribution in [0, 0.1) is 0 Å². The highest BCUT2D eigenvalue weighted by atomic mass is 19.4. The molecule has 68 valence electrons. The van der Waals surface area contributed by atoms with Gasteiger partial charge in [0, 0.05) is 6.20 Å². The van der Waals surface area contributed by atoms with E-state index in [0.717, 1.165) is 6.20 Å². The number of halogens is 3. The first-order valence-corrected chi connectivity index (χ1v) is 3.71. The molecule has 0 amide bonds. The lowest BCUT2D eigenvalue weighted by molar-refractivity contribution is 0.502. The van der Waals surface area contributed by atoms with E-state index in [1.54, 1.807) is 0 Å². The fourth-order valence-corrected chi connectivity index (χ4v) is 1.25. The second-order valence-electron chi connectivity index (χ2n) is 2.72. The van der Waals surface area contributed by atoms with E-state index in [0.29, 0.717) is 0 Å². The summed E-state index contributed by atoms with van der Waals surface area (Å²) < 4.78 is 37.1. The SMILES string of the molecule is F[B-](F)(F)c1c[nH]c2ncccc12. The molecule has 0 bridgehead atoms. The predicted molar refractivity (Wildman–Crippen MR) is 44.8 cm³/mol. The summed E-state index contributed by atoms with van der Waals surface area (Å²) in [5.74, 6) is 0. The van der Waals surface area contributed by atoms with E-state index >= 15 is 0 Å². The van der Waals surface area contributed by atoms with Crippen molar-refractivity contribution in [2.75, 3.05) is 0 Å². The second kappa shape index (κ2) is 2.51. The molecule has 0 saturated heterocycles. The smallest absolute Gasteiger partial charge is 0.445 e. The van der Waals surface area contributed by atoms with Crippen molar-refractivity contribution in [3.63, 3.8) is 0 Å². The Kier molecular flexibility index (Phi) is 1.58. The maximum absolute atomic E-state index is 12.4. The summed E-state index contributed by atoms with van der Waals surface area (Å²) in [6, 6.07) is 2.89. The number of H-pyrrole nitrogens is 1. The molecule has 0 fully saturated rings. The topological polar surface area (TPSA) is 28.7 Å². The summed E-state index contributed by atoms with van der Waals surface area (Å²) in [5.41, 5.74) is -0.334. The van der Waals surface area contributed by atoms with Gasteiger partial charge in [0.05, 0.1) is 0 Å². The van der Waals surface area contributed by atoms with Gasteiger partial charge in [-0.1, -0.05) is 11.5 Å². The highest BCUT2D eigenvalue weighted by molar-refractivity contribution is 6.75. The lowest BCUT2D eigenvalue weighted by Crippen LogP contribution is -2.33. The molecule has 0 spiro atoms. The van der Waals surface area contributed by atoms with Crippen LogP contribution in [0.5, 0.6) is 0 Å². The van der Waals surface area contributed by atoms with Gasteiger partial charge in [-0.25, -0.2) is 4.98 Å². The second-order valence-corrected chi connectivity index (χ2v) is 2.72. The number of pyridine rings is 1. The Balaban J connectivity index is 2.72. The van der Waals surface area contributed by atoms with Crippen LogP contribution in [-0.2, 0) is 0 Å². The van der Waals surface area contributed by atoms with E-state index in [4.69, 9.17) is 0 Å². The molecule has 0 atom stereocenters. The van der Waals surface area contributed by atoms with Crippen LogP contribution >= 0.6 is 0 Å². The summed E-state index contributed by atoms with van der Waals surface area (Å²) in [5, 5.41) is 0.134. The van der Waals surface area contributed by atoms with Gasteiger partial charge < -0.3 is 17.9 Å². The molecule has 2 aromatic rings. The Hall–Kier alpha value is -1.46. The summed E-state index contributed by atoms with van der Waals surface area (Å²) in [7, 11) is 0. The van der Waals surface area contributed by atoms with Crippen molar-refractivity contribution in [2.24, 2.45) is 0 Å². The average molecular weight is 185 g/mol. The van der Waals surface area contributed by atoms with Crippen molar-refractivity contribution in [3.05, 3.63) is 24.5 Å². The van der Waals surface area contributed by atoms with Gasteiger partial charge in [-0.2, -0.15) is 0 Å². The van der Waals surface area contributed by atoms with Crippen LogP contribution in [0.1, 0.15) is 0 Å². The Morgan fingerprint density at radius 2 is 2.08 bits per heavy atom. The van der Waals surface area contributed by atoms with Gasteiger partial charge in [0.2, 0.25) is 0 Å². The van der Waals surface area contributed by atoms with Gasteiger partial charge in [0.15, 0.2) is 0 Å². The molecule has 2 nitrogen and oxygen atoms in total. The zero-order chi connectivity index (χ0) is 9.47. The summed E-state index contributed by atoms with van der Waals surface area (Å²) in [4.78, 5) is 6.25. The number of hydrogen-bond acceptors (Lipinski definition) is 1. The molecule has 0 unspecified atom stereocenters. The molecular formula is C7H5BF3N2-. The van der Waals surface area contributed by atoms with E-state index in [1.165, 1.54) is 18.3 Å². The highest BCUT2D eigenvalue weighted by Gasteiger charge is 2.28. The third-order valence-corrected chi connectivity index (χ3v) is 1.84. The van der Waals surface area contributed by atoms with Gasteiger partial charge in [0.1, 0.15) is 5.65 Å². The van der Waals surface area contributed by atoms with E-state index < -0.39 is 12.4 Å². The number of nitrogens with zero attached hydrogens (tertiary/aromatic N) is 1. The van der Waals surface area contributed by atoms with Crippen molar-refractivity contribution >= 4 is 23.5 Å². The average Bonchev–Trinajstić information content (AvgIpc) is 2.45. The van der Waals surface area contributed by atoms with Crippen LogP contribution < -0.4 is 5.46 Å². The van der Waals surface area contributed by atoms with E-state index in [-0.39, 0.29) is 11.0 Å². The van der Waals surface area contributed by atoms with Gasteiger partial charge in [-0.15, -0.1) is 0 Å². The fourth-order valence-electron chi connectivity index (χ4n) is 1.25. The van der Waals surface area contributed by atoms with Crippen LogP contribution in [0.3, 0.4) is 0 Å². The molecule has 2 rings (SSSR count). The maximum Gasteiger partial charge on any atom is 0.511 e. The molecule has 2 heterocycles. The number of fused-ring (bicyclic) bond motifs is 1. The summed E-state index contributed by atoms with van der Waals surface area (Å²) in [6.07, 6.45) is 2.41. The van der Waals surface area contributed by atoms with Crippen LogP contribution in [0.2, 0.25) is 0 Å². The molecule has 0 saturated carbocycles. The number of nitrogens with one attached hydrogen (secondary N) is 1. The number of rotatable bonds is 1. The Labute approximate surface area is 71.8 Å². The van der Waals surface area contributed by atoms with Gasteiger partial charge in [-0.05, 0) is 17.6 Å². The molecule has 0 aliphatic heterocycles. The zero-order valence-electron chi connectivity index (χ0n) is 6.47. The zero-order valence-corrected chi connectivity index (χ0v) is 6.47. The Morgan fingerprint density at radius 1 is 1.31 bits per heavy atom. The Bertz CT molecular complexity index is 434. The normalized spacial score (nSPS) is 12.2. The van der Waals surface area contributed by atoms with Crippen molar-refractivity contribution < 1.29 is 12.9 Å². The molecule has 2 aromatic heterocycles. The van der Waals surface area contributed by atoms with Crippen LogP contribution in [-0.4, -0.2) is 16.9 Å². The molecule has 0 aliphatic rings. The highest BCUT2D eigenvalue weighted by Crippen LogP contribution is 2.15. The molecule has 1 N–H and O–H groups in total. The maximum atomic E-state index is 12.4. The van der Waals surface area contributed by atoms with Gasteiger partial charge in [0.25, 0.3) is 0 Å². The largest absolute Gasteiger partial charge is 0.511 e. The molecule has 0 radical (unpaired) electrons. The van der Waals surface area contributed by atoms with Crippen LogP contribution in [0.15, 0.2) is 24.5 Å². The minimum atomic E-state index is -4.95. The fraction of sp³-hybridized carbons (Fsp3) is 0. The summed E-state index contributed by atoms with van der Waals surface area (Å²) >= 11 is 0. The third kappa shape index (κ3) is 1.28. The van der Waals surface area contributed by atoms with Gasteiger partial charge in [-0.3, -0.25) is 0 Å². The van der Waals surface area contributed by atoms with Gasteiger partial charge >= 0.3 is 6.98 Å². The van der Waals surface area contributed by atoms with Crippen molar-refractivity contribution in [2.45, 2.75) is 0 Å². The van der Waals surface area contributed by atoms with E-state index in [2.05, 4.69) is 9.97 Å². The monoisotopic (exact) mass is 185 g/mol. The van der Waals surface area contributed by atoms with E-state index in [9.17, 15) is 12.9 Å². The Morgan fingerprint density at radius 3 is 2.77 bits per heavy atom. The summed E-state index contributed by atoms with van der Waals surface area (Å²) in [6.45, 7) is -4.95. The number of aromatic amines is 1. The molecular weight excluding hydrogens is 180 g/mol. The van der Waals surface area contributed by atoms with Crippen LogP contribution in [0.4, 0.5) is 12.9 Å². The van der Waals surface area contributed by atoms with Crippen LogP contribution in [0.25, 0.3) is 11.0 Å². The van der Waals surface area contributed by atoms with Crippen molar-refractivity contribution in [3.8, 4) is 0 Å². The van der Waals surface area contributed by atoms with Crippen molar-refractivity contribution in [1.29, 1.82) is 0 Å². The minimum absolute atomic E-state index is 0.134. The number of hydrogen-bond donors (Lipinski definition) is 1. The molecule has 6 heteroatoms. The predicted octanol–water partition coefficient (Wildman–Crippen LogP) is 1.62. The first-order valence-electron chi connectivity index (χ1n) is 3.71. The third-order valence-electron chi connectivity index (χ3n) is 1.84. The molecule has 13 heavy (non-hydrogen) atoms. The quantitative estimate of drug-likeness (QED) is 0.671. The molecule has 0 aromatic carbocycles. The first-order chi connectivity index (χ1) is 6.09. The lowest BCUT2D eigenvalue weighted by atomic mass is 9.80. The van der Waals surface area contributed by atoms with E-state index in [1.807, 2.05) is 0 Å². The van der Waals surface area contributed by atoms with Crippen molar-refractivity contribution in [1.82, 2.24) is 9.97 Å². The lowest BCUT2D eigenvalue weighted by Gasteiger charge is -2.11.